The third kappa shape index (κ3) is 3.67. The quantitative estimate of drug-likeness (QED) is 0.828. The number of nitrogens with zero attached hydrogens (tertiary/aromatic N) is 1. The molecule has 0 saturated heterocycles. The van der Waals surface area contributed by atoms with Gasteiger partial charge >= 0.3 is 0 Å². The van der Waals surface area contributed by atoms with E-state index in [2.05, 4.69) is 25.6 Å². The van der Waals surface area contributed by atoms with Crippen molar-refractivity contribution in [3.8, 4) is 0 Å². The molecule has 0 aliphatic carbocycles. The Morgan fingerprint density at radius 2 is 2.19 bits per heavy atom. The predicted molar refractivity (Wildman–Crippen MR) is 75.3 cm³/mol. The number of sulfonamides is 1. The van der Waals surface area contributed by atoms with Gasteiger partial charge in [-0.15, -0.1) is 0 Å². The van der Waals surface area contributed by atoms with Crippen LogP contribution >= 0.6 is 15.9 Å². The lowest BCUT2D eigenvalue weighted by atomic mass is 10.2. The van der Waals surface area contributed by atoms with E-state index in [-0.39, 0.29) is 18.0 Å². The molecule has 0 spiro atoms. The maximum Gasteiger partial charge on any atom is 0.244 e. The monoisotopic (exact) mass is 378 g/mol. The summed E-state index contributed by atoms with van der Waals surface area (Å²) >= 11 is 3.08. The van der Waals surface area contributed by atoms with Crippen molar-refractivity contribution in [3.63, 3.8) is 0 Å². The smallest absolute Gasteiger partial charge is 0.244 e. The van der Waals surface area contributed by atoms with Gasteiger partial charge in [0.1, 0.15) is 16.5 Å². The highest BCUT2D eigenvalue weighted by molar-refractivity contribution is 9.10. The van der Waals surface area contributed by atoms with Crippen molar-refractivity contribution < 1.29 is 22.3 Å². The van der Waals surface area contributed by atoms with Gasteiger partial charge in [-0.3, -0.25) is 0 Å². The molecule has 2 N–H and O–H groups in total. The van der Waals surface area contributed by atoms with Crippen LogP contribution in [0.15, 0.2) is 32.1 Å². The van der Waals surface area contributed by atoms with Gasteiger partial charge < -0.3 is 9.52 Å². The Morgan fingerprint density at radius 3 is 2.76 bits per heavy atom. The van der Waals surface area contributed by atoms with E-state index in [1.165, 1.54) is 12.3 Å². The van der Waals surface area contributed by atoms with E-state index in [1.807, 2.05) is 0 Å². The maximum atomic E-state index is 14.0. The Kier molecular flexibility index (Phi) is 4.77. The fraction of sp³-hybridized carbons (Fsp3) is 0.250. The van der Waals surface area contributed by atoms with E-state index < -0.39 is 27.3 Å². The number of aryl methyl sites for hydroxylation is 1. The molecular weight excluding hydrogens is 367 g/mol. The molecule has 6 nitrogen and oxygen atoms in total. The van der Waals surface area contributed by atoms with Crippen molar-refractivity contribution >= 4 is 26.0 Å². The van der Waals surface area contributed by atoms with Gasteiger partial charge in [-0.1, -0.05) is 15.9 Å². The van der Waals surface area contributed by atoms with Crippen LogP contribution in [-0.4, -0.2) is 18.5 Å². The zero-order chi connectivity index (χ0) is 15.6. The highest BCUT2D eigenvalue weighted by Gasteiger charge is 2.22. The van der Waals surface area contributed by atoms with Crippen molar-refractivity contribution in [1.82, 2.24) is 9.71 Å². The summed E-state index contributed by atoms with van der Waals surface area (Å²) in [6.45, 7) is 0.871. The second kappa shape index (κ2) is 6.22. The lowest BCUT2D eigenvalue weighted by molar-refractivity contribution is 0.274. The Morgan fingerprint density at radius 1 is 1.48 bits per heavy atom. The van der Waals surface area contributed by atoms with Gasteiger partial charge in [0.25, 0.3) is 0 Å². The Hall–Kier alpha value is -1.29. The first kappa shape index (κ1) is 16.1. The maximum absolute atomic E-state index is 14.0. The molecule has 1 aromatic heterocycles. The number of halogens is 2. The molecule has 0 aliphatic rings. The van der Waals surface area contributed by atoms with Crippen LogP contribution in [0.5, 0.6) is 0 Å². The SMILES string of the molecule is Cc1cnc(CNS(=O)(=O)c2cc(Br)cc(CO)c2F)o1. The summed E-state index contributed by atoms with van der Waals surface area (Å²) in [5.41, 5.74) is -0.114. The van der Waals surface area contributed by atoms with Gasteiger partial charge in [-0.05, 0) is 19.1 Å². The zero-order valence-corrected chi connectivity index (χ0v) is 13.3. The lowest BCUT2D eigenvalue weighted by Crippen LogP contribution is -2.24. The molecule has 114 valence electrons. The molecule has 0 saturated carbocycles. The molecule has 2 aromatic rings. The van der Waals surface area contributed by atoms with E-state index >= 15 is 0 Å². The lowest BCUT2D eigenvalue weighted by Gasteiger charge is -2.09. The van der Waals surface area contributed by atoms with Gasteiger partial charge in [0.2, 0.25) is 15.9 Å². The minimum atomic E-state index is -4.10. The first-order valence-electron chi connectivity index (χ1n) is 5.83. The molecule has 0 radical (unpaired) electrons. The molecule has 2 rings (SSSR count). The summed E-state index contributed by atoms with van der Waals surface area (Å²) in [6.07, 6.45) is 1.45. The van der Waals surface area contributed by atoms with Gasteiger partial charge in [0.15, 0.2) is 0 Å². The number of nitrogens with one attached hydrogen (secondary N) is 1. The molecule has 21 heavy (non-hydrogen) atoms. The molecule has 0 bridgehead atoms. The molecule has 0 aliphatic heterocycles. The van der Waals surface area contributed by atoms with Crippen LogP contribution in [-0.2, 0) is 23.2 Å². The molecular formula is C12H12BrFN2O4S. The van der Waals surface area contributed by atoms with Crippen molar-refractivity contribution in [1.29, 1.82) is 0 Å². The van der Waals surface area contributed by atoms with E-state index in [9.17, 15) is 12.8 Å². The molecule has 1 heterocycles. The third-order valence-electron chi connectivity index (χ3n) is 2.62. The summed E-state index contributed by atoms with van der Waals surface area (Å²) in [7, 11) is -4.10. The number of oxazole rings is 1. The first-order valence-corrected chi connectivity index (χ1v) is 8.11. The predicted octanol–water partition coefficient (Wildman–Crippen LogP) is 1.86. The minimum absolute atomic E-state index is 0.114. The van der Waals surface area contributed by atoms with Crippen LogP contribution in [0, 0.1) is 12.7 Å². The number of aromatic nitrogens is 1. The minimum Gasteiger partial charge on any atom is -0.445 e. The van der Waals surface area contributed by atoms with Crippen molar-refractivity contribution in [3.05, 3.63) is 45.8 Å². The average Bonchev–Trinajstić information content (AvgIpc) is 2.84. The Bertz CT molecular complexity index is 761. The van der Waals surface area contributed by atoms with Crippen molar-refractivity contribution in [2.24, 2.45) is 0 Å². The summed E-state index contributed by atoms with van der Waals surface area (Å²) < 4.78 is 46.0. The van der Waals surface area contributed by atoms with E-state index in [4.69, 9.17) is 9.52 Å². The molecule has 0 unspecified atom stereocenters. The topological polar surface area (TPSA) is 92.4 Å². The molecule has 9 heteroatoms. The summed E-state index contributed by atoms with van der Waals surface area (Å²) in [5, 5.41) is 9.04. The second-order valence-corrected chi connectivity index (χ2v) is 6.88. The van der Waals surface area contributed by atoms with Gasteiger partial charge in [0.05, 0.1) is 19.3 Å². The van der Waals surface area contributed by atoms with Crippen molar-refractivity contribution in [2.75, 3.05) is 0 Å². The number of aliphatic hydroxyl groups excluding tert-OH is 1. The van der Waals surface area contributed by atoms with Gasteiger partial charge in [-0.2, -0.15) is 0 Å². The zero-order valence-electron chi connectivity index (χ0n) is 10.9. The van der Waals surface area contributed by atoms with Crippen LogP contribution in [0.2, 0.25) is 0 Å². The van der Waals surface area contributed by atoms with Gasteiger partial charge in [-0.25, -0.2) is 22.5 Å². The first-order chi connectivity index (χ1) is 9.83. The van der Waals surface area contributed by atoms with Crippen LogP contribution < -0.4 is 4.72 Å². The molecule has 1 aromatic carbocycles. The van der Waals surface area contributed by atoms with Crippen LogP contribution in [0.4, 0.5) is 4.39 Å². The van der Waals surface area contributed by atoms with Crippen LogP contribution in [0.1, 0.15) is 17.2 Å². The fourth-order valence-electron chi connectivity index (χ4n) is 1.65. The molecule has 0 atom stereocenters. The second-order valence-electron chi connectivity index (χ2n) is 4.22. The molecule has 0 fully saturated rings. The Balaban J connectivity index is 2.29. The van der Waals surface area contributed by atoms with Crippen LogP contribution in [0.3, 0.4) is 0 Å². The normalized spacial score (nSPS) is 11.8. The number of aliphatic hydroxyl groups is 1. The number of hydrogen-bond acceptors (Lipinski definition) is 5. The molecule has 0 amide bonds. The van der Waals surface area contributed by atoms with E-state index in [0.29, 0.717) is 10.2 Å². The number of hydrogen-bond donors (Lipinski definition) is 2. The number of benzene rings is 1. The largest absolute Gasteiger partial charge is 0.445 e. The van der Waals surface area contributed by atoms with Crippen molar-refractivity contribution in [2.45, 2.75) is 25.0 Å². The summed E-state index contributed by atoms with van der Waals surface area (Å²) in [4.78, 5) is 3.30. The standard InChI is InChI=1S/C12H12BrFN2O4S/c1-7-4-15-11(20-7)5-16-21(18,19)10-3-9(13)2-8(6-17)12(10)14/h2-4,16-17H,5-6H2,1H3. The van der Waals surface area contributed by atoms with E-state index in [0.717, 1.165) is 6.07 Å². The van der Waals surface area contributed by atoms with Crippen LogP contribution in [0.25, 0.3) is 0 Å². The highest BCUT2D eigenvalue weighted by Crippen LogP contribution is 2.24. The van der Waals surface area contributed by atoms with Gasteiger partial charge in [0, 0.05) is 10.0 Å². The third-order valence-corrected chi connectivity index (χ3v) is 4.48. The van der Waals surface area contributed by atoms with E-state index in [1.54, 1.807) is 6.92 Å². The highest BCUT2D eigenvalue weighted by atomic mass is 79.9. The summed E-state index contributed by atoms with van der Waals surface area (Å²) in [5.74, 6) is -0.272. The fourth-order valence-corrected chi connectivity index (χ4v) is 3.42. The summed E-state index contributed by atoms with van der Waals surface area (Å²) in [6, 6.07) is 2.43. The average molecular weight is 379 g/mol. The number of rotatable bonds is 5. The Labute approximate surface area is 129 Å².